The van der Waals surface area contributed by atoms with Gasteiger partial charge in [-0.15, -0.1) is 11.3 Å². The Morgan fingerprint density at radius 2 is 2.23 bits per heavy atom. The van der Waals surface area contributed by atoms with Crippen LogP contribution in [0.25, 0.3) is 0 Å². The number of thiophene rings is 1. The molecule has 7 heteroatoms. The molecular formula is C15H18N4O2S. The first kappa shape index (κ1) is 14.8. The summed E-state index contributed by atoms with van der Waals surface area (Å²) in [7, 11) is 3.54. The second-order valence-electron chi connectivity index (χ2n) is 5.56. The first-order chi connectivity index (χ1) is 10.5. The first-order valence-corrected chi connectivity index (χ1v) is 7.96. The Balaban J connectivity index is 1.84. The van der Waals surface area contributed by atoms with E-state index in [1.807, 2.05) is 30.5 Å². The summed E-state index contributed by atoms with van der Waals surface area (Å²) in [5.74, 6) is 0.125. The van der Waals surface area contributed by atoms with Gasteiger partial charge < -0.3 is 10.2 Å². The monoisotopic (exact) mass is 318 g/mol. The number of hydrogen-bond donors (Lipinski definition) is 1. The molecule has 0 aliphatic carbocycles. The molecule has 116 valence electrons. The molecule has 1 fully saturated rings. The van der Waals surface area contributed by atoms with Gasteiger partial charge in [0.05, 0.1) is 17.7 Å². The zero-order valence-corrected chi connectivity index (χ0v) is 13.6. The van der Waals surface area contributed by atoms with Crippen molar-refractivity contribution in [2.75, 3.05) is 12.4 Å². The summed E-state index contributed by atoms with van der Waals surface area (Å²) in [5.41, 5.74) is 0.840. The maximum atomic E-state index is 12.6. The second-order valence-corrected chi connectivity index (χ2v) is 6.54. The fraction of sp³-hybridized carbons (Fsp3) is 0.400. The summed E-state index contributed by atoms with van der Waals surface area (Å²) < 4.78 is 1.63. The Morgan fingerprint density at radius 3 is 2.82 bits per heavy atom. The van der Waals surface area contributed by atoms with E-state index in [-0.39, 0.29) is 30.2 Å². The Hall–Kier alpha value is -2.15. The number of carbonyl (C=O) groups excluding carboxylic acids is 2. The van der Waals surface area contributed by atoms with Crippen LogP contribution >= 0.6 is 11.3 Å². The Bertz CT molecular complexity index is 707. The molecule has 2 atom stereocenters. The van der Waals surface area contributed by atoms with Crippen molar-refractivity contribution in [3.63, 3.8) is 0 Å². The van der Waals surface area contributed by atoms with Gasteiger partial charge in [0.2, 0.25) is 11.8 Å². The minimum Gasteiger partial charge on any atom is -0.337 e. The highest BCUT2D eigenvalue weighted by molar-refractivity contribution is 7.10. The molecule has 1 aliphatic rings. The lowest BCUT2D eigenvalue weighted by Crippen LogP contribution is -2.30. The van der Waals surface area contributed by atoms with Gasteiger partial charge >= 0.3 is 0 Å². The van der Waals surface area contributed by atoms with Crippen molar-refractivity contribution in [1.29, 1.82) is 0 Å². The lowest BCUT2D eigenvalue weighted by molar-refractivity contribution is -0.127. The molecule has 3 heterocycles. The Kier molecular flexibility index (Phi) is 3.74. The molecule has 0 saturated carbocycles. The number of aryl methyl sites for hydroxylation is 2. The lowest BCUT2D eigenvalue weighted by Gasteiger charge is -2.23. The predicted molar refractivity (Wildman–Crippen MR) is 84.5 cm³/mol. The maximum Gasteiger partial charge on any atom is 0.231 e. The third-order valence-corrected chi connectivity index (χ3v) is 4.95. The average molecular weight is 318 g/mol. The van der Waals surface area contributed by atoms with Crippen molar-refractivity contribution < 1.29 is 9.59 Å². The molecule has 0 spiro atoms. The van der Waals surface area contributed by atoms with Crippen LogP contribution in [0.1, 0.15) is 23.0 Å². The molecule has 1 saturated heterocycles. The fourth-order valence-electron chi connectivity index (χ4n) is 2.90. The molecular weight excluding hydrogens is 300 g/mol. The van der Waals surface area contributed by atoms with E-state index in [9.17, 15) is 9.59 Å². The fourth-order valence-corrected chi connectivity index (χ4v) is 3.83. The van der Waals surface area contributed by atoms with Gasteiger partial charge in [0.25, 0.3) is 0 Å². The van der Waals surface area contributed by atoms with Gasteiger partial charge in [0, 0.05) is 31.5 Å². The van der Waals surface area contributed by atoms with E-state index in [0.717, 1.165) is 10.6 Å². The van der Waals surface area contributed by atoms with Gasteiger partial charge in [0.15, 0.2) is 0 Å². The van der Waals surface area contributed by atoms with Gasteiger partial charge in [0.1, 0.15) is 5.82 Å². The number of hydrogen-bond acceptors (Lipinski definition) is 4. The molecule has 2 aromatic rings. The normalized spacial score (nSPS) is 21.4. The molecule has 22 heavy (non-hydrogen) atoms. The summed E-state index contributed by atoms with van der Waals surface area (Å²) in [5, 5.41) is 9.07. The van der Waals surface area contributed by atoms with Gasteiger partial charge in [-0.2, -0.15) is 5.10 Å². The molecule has 0 aromatic carbocycles. The van der Waals surface area contributed by atoms with Crippen LogP contribution in [0.4, 0.5) is 5.82 Å². The van der Waals surface area contributed by atoms with Crippen LogP contribution in [0, 0.1) is 12.8 Å². The molecule has 0 bridgehead atoms. The Morgan fingerprint density at radius 1 is 1.45 bits per heavy atom. The van der Waals surface area contributed by atoms with E-state index in [0.29, 0.717) is 5.82 Å². The van der Waals surface area contributed by atoms with Crippen LogP contribution in [0.15, 0.2) is 23.6 Å². The first-order valence-electron chi connectivity index (χ1n) is 7.08. The third-order valence-electron chi connectivity index (χ3n) is 4.01. The number of anilines is 1. The molecule has 6 nitrogen and oxygen atoms in total. The number of carbonyl (C=O) groups is 2. The number of aromatic nitrogens is 2. The lowest BCUT2D eigenvalue weighted by atomic mass is 9.98. The van der Waals surface area contributed by atoms with Gasteiger partial charge in [-0.1, -0.05) is 6.07 Å². The average Bonchev–Trinajstić information content (AvgIpc) is 3.13. The van der Waals surface area contributed by atoms with E-state index in [4.69, 9.17) is 0 Å². The molecule has 1 aliphatic heterocycles. The van der Waals surface area contributed by atoms with Crippen molar-refractivity contribution in [3.8, 4) is 0 Å². The minimum absolute atomic E-state index is 0.000244. The zero-order valence-electron chi connectivity index (χ0n) is 12.7. The SMILES string of the molecule is Cc1cc(NC(=O)[C@@H]2CC(=O)N(C)[C@H]2c2cccs2)n(C)n1. The minimum atomic E-state index is -0.383. The third kappa shape index (κ3) is 2.52. The number of nitrogens with zero attached hydrogens (tertiary/aromatic N) is 3. The quantitative estimate of drug-likeness (QED) is 0.940. The van der Waals surface area contributed by atoms with E-state index < -0.39 is 0 Å². The largest absolute Gasteiger partial charge is 0.337 e. The molecule has 3 rings (SSSR count). The second kappa shape index (κ2) is 5.57. The number of rotatable bonds is 3. The summed E-state index contributed by atoms with van der Waals surface area (Å²) >= 11 is 1.57. The van der Waals surface area contributed by atoms with E-state index in [2.05, 4.69) is 10.4 Å². The summed E-state index contributed by atoms with van der Waals surface area (Å²) in [6, 6.07) is 5.54. The number of amides is 2. The van der Waals surface area contributed by atoms with Crippen molar-refractivity contribution >= 4 is 29.0 Å². The van der Waals surface area contributed by atoms with Crippen LogP contribution in [-0.4, -0.2) is 33.5 Å². The number of likely N-dealkylation sites (tertiary alicyclic amines) is 1. The van der Waals surface area contributed by atoms with Gasteiger partial charge in [-0.3, -0.25) is 14.3 Å². The summed E-state index contributed by atoms with van der Waals surface area (Å²) in [4.78, 5) is 27.4. The smallest absolute Gasteiger partial charge is 0.231 e. The highest BCUT2D eigenvalue weighted by Gasteiger charge is 2.43. The topological polar surface area (TPSA) is 67.2 Å². The van der Waals surface area contributed by atoms with E-state index >= 15 is 0 Å². The van der Waals surface area contributed by atoms with Crippen LogP contribution in [-0.2, 0) is 16.6 Å². The van der Waals surface area contributed by atoms with Gasteiger partial charge in [-0.05, 0) is 18.4 Å². The summed E-state index contributed by atoms with van der Waals surface area (Å²) in [6.07, 6.45) is 0.238. The van der Waals surface area contributed by atoms with Crippen LogP contribution in [0.5, 0.6) is 0 Å². The van der Waals surface area contributed by atoms with Crippen LogP contribution < -0.4 is 5.32 Å². The van der Waals surface area contributed by atoms with Crippen LogP contribution in [0.3, 0.4) is 0 Å². The predicted octanol–water partition coefficient (Wildman–Crippen LogP) is 1.95. The molecule has 0 unspecified atom stereocenters. The maximum absolute atomic E-state index is 12.6. The standard InChI is InChI=1S/C15H18N4O2S/c1-9-7-12(19(3)17-9)16-15(21)10-8-13(20)18(2)14(10)11-5-4-6-22-11/h4-7,10,14H,8H2,1-3H3,(H,16,21)/t10-,14-/m1/s1. The molecule has 1 N–H and O–H groups in total. The number of nitrogens with one attached hydrogen (secondary N) is 1. The van der Waals surface area contributed by atoms with E-state index in [1.165, 1.54) is 0 Å². The van der Waals surface area contributed by atoms with Crippen LogP contribution in [0.2, 0.25) is 0 Å². The highest BCUT2D eigenvalue weighted by Crippen LogP contribution is 2.39. The van der Waals surface area contributed by atoms with Gasteiger partial charge in [-0.25, -0.2) is 0 Å². The van der Waals surface area contributed by atoms with Crippen molar-refractivity contribution in [2.24, 2.45) is 13.0 Å². The van der Waals surface area contributed by atoms with Crippen molar-refractivity contribution in [1.82, 2.24) is 14.7 Å². The Labute approximate surface area is 132 Å². The van der Waals surface area contributed by atoms with E-state index in [1.54, 1.807) is 35.0 Å². The highest BCUT2D eigenvalue weighted by atomic mass is 32.1. The van der Waals surface area contributed by atoms with Crippen molar-refractivity contribution in [2.45, 2.75) is 19.4 Å². The molecule has 0 radical (unpaired) electrons. The van der Waals surface area contributed by atoms with Crippen molar-refractivity contribution in [3.05, 3.63) is 34.2 Å². The summed E-state index contributed by atoms with van der Waals surface area (Å²) in [6.45, 7) is 1.87. The molecule has 2 amide bonds. The molecule has 2 aromatic heterocycles. The zero-order chi connectivity index (χ0) is 15.9.